The van der Waals surface area contributed by atoms with Gasteiger partial charge in [0, 0.05) is 55.4 Å². The number of phenolic OH excluding ortho intramolecular Hbond substituents is 1. The van der Waals surface area contributed by atoms with Gasteiger partial charge in [0.15, 0.2) is 5.76 Å². The summed E-state index contributed by atoms with van der Waals surface area (Å²) in [5.74, 6) is 0.785. The molecule has 0 atom stereocenters. The lowest BCUT2D eigenvalue weighted by molar-refractivity contribution is 0.101. The smallest absolute Gasteiger partial charge is 0.231 e. The van der Waals surface area contributed by atoms with Gasteiger partial charge in [-0.3, -0.25) is 9.69 Å². The van der Waals surface area contributed by atoms with Crippen LogP contribution in [0.15, 0.2) is 42.3 Å². The number of hydrogen-bond acceptors (Lipinski definition) is 5. The molecule has 0 bridgehead atoms. The molecule has 3 heterocycles. The van der Waals surface area contributed by atoms with Crippen LogP contribution in [-0.4, -0.2) is 47.0 Å². The van der Waals surface area contributed by atoms with Crippen molar-refractivity contribution in [1.82, 2.24) is 15.2 Å². The minimum Gasteiger partial charge on any atom is -0.507 e. The predicted octanol–water partition coefficient (Wildman–Crippen LogP) is 4.05. The summed E-state index contributed by atoms with van der Waals surface area (Å²) >= 11 is 0. The van der Waals surface area contributed by atoms with Crippen LogP contribution < -0.4 is 10.1 Å². The number of benzene rings is 2. The Morgan fingerprint density at radius 1 is 1.16 bits per heavy atom. The Kier molecular flexibility index (Phi) is 6.96. The first-order valence-electron chi connectivity index (χ1n) is 9.90. The van der Waals surface area contributed by atoms with Gasteiger partial charge in [-0.2, -0.15) is 0 Å². The van der Waals surface area contributed by atoms with Gasteiger partial charge < -0.3 is 20.1 Å². The van der Waals surface area contributed by atoms with E-state index in [2.05, 4.69) is 21.3 Å². The van der Waals surface area contributed by atoms with Gasteiger partial charge >= 0.3 is 0 Å². The second kappa shape index (κ2) is 9.32. The molecule has 1 saturated heterocycles. The number of nitrogens with one attached hydrogen (secondary N) is 2. The summed E-state index contributed by atoms with van der Waals surface area (Å²) in [7, 11) is 0. The number of aromatic amines is 1. The minimum atomic E-state index is -0.149. The standard InChI is InChI=1S/C23H23N3O3.2ClH/c1-14-2-4-19-17(10-14)15(12-25-19)11-21-22(28)16-3-5-20(27)18(23(16)29-21)13-26-8-6-24-7-9-26;;/h2-5,10-12,24-25,27H,6-9,13H2,1H3;2*1H. The fourth-order valence-corrected chi connectivity index (χ4v) is 4.06. The maximum absolute atomic E-state index is 13.0. The average Bonchev–Trinajstić information content (AvgIpc) is 3.26. The van der Waals surface area contributed by atoms with E-state index in [1.165, 1.54) is 0 Å². The van der Waals surface area contributed by atoms with Gasteiger partial charge in [-0.15, -0.1) is 24.8 Å². The summed E-state index contributed by atoms with van der Waals surface area (Å²) in [6.07, 6.45) is 3.67. The molecule has 2 aliphatic rings. The summed E-state index contributed by atoms with van der Waals surface area (Å²) in [4.78, 5) is 18.5. The zero-order chi connectivity index (χ0) is 20.0. The van der Waals surface area contributed by atoms with E-state index >= 15 is 0 Å². The van der Waals surface area contributed by atoms with Gasteiger partial charge in [0.2, 0.25) is 5.78 Å². The highest BCUT2D eigenvalue weighted by Crippen LogP contribution is 2.40. The van der Waals surface area contributed by atoms with Gasteiger partial charge in [-0.25, -0.2) is 0 Å². The number of aromatic hydroxyl groups is 1. The lowest BCUT2D eigenvalue weighted by Crippen LogP contribution is -2.42. The monoisotopic (exact) mass is 461 g/mol. The molecule has 0 amide bonds. The minimum absolute atomic E-state index is 0. The number of ether oxygens (including phenoxy) is 1. The molecule has 2 aromatic carbocycles. The van der Waals surface area contributed by atoms with Crippen molar-refractivity contribution in [2.24, 2.45) is 0 Å². The molecule has 0 spiro atoms. The Hall–Kier alpha value is -2.51. The number of rotatable bonds is 3. The number of Topliss-reactive ketones (excluding diaryl/α,β-unsaturated/α-hetero) is 1. The molecule has 6 nitrogen and oxygen atoms in total. The van der Waals surface area contributed by atoms with Gasteiger partial charge in [0.25, 0.3) is 0 Å². The Morgan fingerprint density at radius 2 is 1.94 bits per heavy atom. The number of aryl methyl sites for hydroxylation is 1. The molecule has 2 aliphatic heterocycles. The maximum Gasteiger partial charge on any atom is 0.231 e. The molecule has 0 aliphatic carbocycles. The van der Waals surface area contributed by atoms with Crippen LogP contribution in [0, 0.1) is 6.92 Å². The third kappa shape index (κ3) is 4.29. The van der Waals surface area contributed by atoms with Crippen molar-refractivity contribution in [2.75, 3.05) is 26.2 Å². The summed E-state index contributed by atoms with van der Waals surface area (Å²) < 4.78 is 6.02. The zero-order valence-corrected chi connectivity index (χ0v) is 18.7. The van der Waals surface area contributed by atoms with Crippen LogP contribution >= 0.6 is 24.8 Å². The van der Waals surface area contributed by atoms with E-state index < -0.39 is 0 Å². The maximum atomic E-state index is 13.0. The van der Waals surface area contributed by atoms with Crippen molar-refractivity contribution in [3.05, 3.63) is 64.5 Å². The highest BCUT2D eigenvalue weighted by atomic mass is 35.5. The molecule has 3 N–H and O–H groups in total. The van der Waals surface area contributed by atoms with Crippen LogP contribution in [0.2, 0.25) is 0 Å². The van der Waals surface area contributed by atoms with E-state index in [9.17, 15) is 9.90 Å². The molecule has 5 rings (SSSR count). The number of carbonyl (C=O) groups excluding carboxylic acids is 1. The Bertz CT molecular complexity index is 1150. The molecular formula is C23H25Cl2N3O3. The van der Waals surface area contributed by atoms with Crippen molar-refractivity contribution >= 4 is 47.6 Å². The number of aromatic nitrogens is 1. The fourth-order valence-electron chi connectivity index (χ4n) is 4.06. The first-order chi connectivity index (χ1) is 14.1. The number of allylic oxidation sites excluding steroid dienone is 1. The molecule has 1 fully saturated rings. The number of fused-ring (bicyclic) bond motifs is 2. The number of nitrogens with zero attached hydrogens (tertiary/aromatic N) is 1. The lowest BCUT2D eigenvalue weighted by Gasteiger charge is -2.27. The fraction of sp³-hybridized carbons (Fsp3) is 0.261. The van der Waals surface area contributed by atoms with Crippen LogP contribution in [0.25, 0.3) is 17.0 Å². The van der Waals surface area contributed by atoms with Gasteiger partial charge in [0.05, 0.1) is 11.1 Å². The summed E-state index contributed by atoms with van der Waals surface area (Å²) in [5, 5.41) is 14.8. The number of halogens is 2. The Balaban J connectivity index is 0.00000136. The Morgan fingerprint density at radius 3 is 2.71 bits per heavy atom. The van der Waals surface area contributed by atoms with E-state index in [1.54, 1.807) is 18.2 Å². The van der Waals surface area contributed by atoms with Gasteiger partial charge in [-0.05, 0) is 37.3 Å². The lowest BCUT2D eigenvalue weighted by atomic mass is 10.0. The van der Waals surface area contributed by atoms with Crippen molar-refractivity contribution in [3.8, 4) is 11.5 Å². The molecule has 3 aromatic rings. The molecule has 31 heavy (non-hydrogen) atoms. The molecule has 8 heteroatoms. The second-order valence-corrected chi connectivity index (χ2v) is 7.70. The topological polar surface area (TPSA) is 77.6 Å². The summed E-state index contributed by atoms with van der Waals surface area (Å²) in [6, 6.07) is 9.41. The molecule has 1 aromatic heterocycles. The van der Waals surface area contributed by atoms with E-state index in [0.717, 1.165) is 48.2 Å². The molecule has 0 saturated carbocycles. The highest BCUT2D eigenvalue weighted by molar-refractivity contribution is 6.15. The number of phenols is 1. The number of ketones is 1. The van der Waals surface area contributed by atoms with Crippen molar-refractivity contribution in [1.29, 1.82) is 0 Å². The molecule has 0 unspecified atom stereocenters. The molecule has 0 radical (unpaired) electrons. The molecular weight excluding hydrogens is 437 g/mol. The highest BCUT2D eigenvalue weighted by Gasteiger charge is 2.32. The predicted molar refractivity (Wildman–Crippen MR) is 127 cm³/mol. The van der Waals surface area contributed by atoms with Crippen LogP contribution in [0.5, 0.6) is 11.5 Å². The molecule has 164 valence electrons. The van der Waals surface area contributed by atoms with E-state index in [-0.39, 0.29) is 42.1 Å². The van der Waals surface area contributed by atoms with E-state index in [4.69, 9.17) is 4.74 Å². The van der Waals surface area contributed by atoms with Crippen molar-refractivity contribution < 1.29 is 14.6 Å². The number of H-pyrrole nitrogens is 1. The second-order valence-electron chi connectivity index (χ2n) is 7.70. The van der Waals surface area contributed by atoms with Crippen LogP contribution in [0.4, 0.5) is 0 Å². The SMILES string of the molecule is Cc1ccc2[nH]cc(C=C3Oc4c(ccc(O)c4CN4CCNCC4)C3=O)c2c1.Cl.Cl. The quantitative estimate of drug-likeness (QED) is 0.512. The van der Waals surface area contributed by atoms with E-state index in [0.29, 0.717) is 23.4 Å². The third-order valence-corrected chi connectivity index (χ3v) is 5.66. The van der Waals surface area contributed by atoms with Crippen molar-refractivity contribution in [3.63, 3.8) is 0 Å². The van der Waals surface area contributed by atoms with Crippen LogP contribution in [0.3, 0.4) is 0 Å². The number of hydrogen-bond donors (Lipinski definition) is 3. The average molecular weight is 462 g/mol. The Labute approximate surface area is 193 Å². The zero-order valence-electron chi connectivity index (χ0n) is 17.1. The van der Waals surface area contributed by atoms with Gasteiger partial charge in [0.1, 0.15) is 11.5 Å². The first-order valence-corrected chi connectivity index (χ1v) is 9.90. The number of carbonyl (C=O) groups is 1. The van der Waals surface area contributed by atoms with Crippen molar-refractivity contribution in [2.45, 2.75) is 13.5 Å². The largest absolute Gasteiger partial charge is 0.507 e. The van der Waals surface area contributed by atoms with Gasteiger partial charge in [-0.1, -0.05) is 11.6 Å². The number of piperazine rings is 1. The third-order valence-electron chi connectivity index (χ3n) is 5.66. The van der Waals surface area contributed by atoms with Crippen LogP contribution in [0.1, 0.15) is 27.0 Å². The normalized spacial score (nSPS) is 17.2. The van der Waals surface area contributed by atoms with E-state index in [1.807, 2.05) is 25.3 Å². The van der Waals surface area contributed by atoms with Crippen LogP contribution in [-0.2, 0) is 6.54 Å². The summed E-state index contributed by atoms with van der Waals surface area (Å²) in [6.45, 7) is 6.23. The first kappa shape index (κ1) is 23.2. The summed E-state index contributed by atoms with van der Waals surface area (Å²) in [5.41, 5.74) is 4.27.